The van der Waals surface area contributed by atoms with E-state index in [2.05, 4.69) is 22.1 Å². The Morgan fingerprint density at radius 2 is 2.00 bits per heavy atom. The van der Waals surface area contributed by atoms with Crippen molar-refractivity contribution >= 4 is 17.2 Å². The van der Waals surface area contributed by atoms with E-state index in [1.165, 1.54) is 5.56 Å². The molecule has 122 valence electrons. The summed E-state index contributed by atoms with van der Waals surface area (Å²) in [7, 11) is 3.20. The molecule has 0 aliphatic heterocycles. The molecule has 0 saturated heterocycles. The molecular formula is C18H21NO3S. The van der Waals surface area contributed by atoms with E-state index in [0.717, 1.165) is 24.9 Å². The molecule has 3 rings (SSSR count). The van der Waals surface area contributed by atoms with Crippen LogP contribution in [0.15, 0.2) is 35.0 Å². The second kappa shape index (κ2) is 6.62. The molecule has 1 N–H and O–H groups in total. The molecular weight excluding hydrogens is 310 g/mol. The predicted octanol–water partition coefficient (Wildman–Crippen LogP) is 3.16. The third-order valence-electron chi connectivity index (χ3n) is 4.42. The van der Waals surface area contributed by atoms with E-state index in [0.29, 0.717) is 17.9 Å². The van der Waals surface area contributed by atoms with Gasteiger partial charge in [0.25, 0.3) is 0 Å². The van der Waals surface area contributed by atoms with Gasteiger partial charge in [0.1, 0.15) is 0 Å². The number of carbonyl (C=O) groups is 1. The van der Waals surface area contributed by atoms with Crippen molar-refractivity contribution in [3.05, 3.63) is 46.2 Å². The highest BCUT2D eigenvalue weighted by atomic mass is 32.1. The van der Waals surface area contributed by atoms with Crippen LogP contribution in [0.2, 0.25) is 0 Å². The number of hydrogen-bond donors (Lipinski definition) is 1. The predicted molar refractivity (Wildman–Crippen MR) is 91.5 cm³/mol. The Kier molecular flexibility index (Phi) is 4.57. The molecule has 1 saturated carbocycles. The lowest BCUT2D eigenvalue weighted by Crippen LogP contribution is -2.33. The molecule has 2 aromatic rings. The number of hydrogen-bond acceptors (Lipinski definition) is 4. The van der Waals surface area contributed by atoms with Gasteiger partial charge in [-0.1, -0.05) is 6.07 Å². The van der Waals surface area contributed by atoms with Crippen molar-refractivity contribution in [1.82, 2.24) is 5.32 Å². The summed E-state index contributed by atoms with van der Waals surface area (Å²) in [6.45, 7) is 0.718. The zero-order valence-electron chi connectivity index (χ0n) is 13.4. The average molecular weight is 331 g/mol. The SMILES string of the molecule is COc1ccc(CC(=O)NCC2(c3ccsc3)CC2)cc1OC. The van der Waals surface area contributed by atoms with Gasteiger partial charge >= 0.3 is 0 Å². The molecule has 0 spiro atoms. The number of carbonyl (C=O) groups excluding carboxylic acids is 1. The van der Waals surface area contributed by atoms with Gasteiger partial charge in [-0.2, -0.15) is 11.3 Å². The number of rotatable bonds is 7. The summed E-state index contributed by atoms with van der Waals surface area (Å²) in [5, 5.41) is 7.37. The third-order valence-corrected chi connectivity index (χ3v) is 5.11. The van der Waals surface area contributed by atoms with E-state index >= 15 is 0 Å². The van der Waals surface area contributed by atoms with Crippen LogP contribution in [0.5, 0.6) is 11.5 Å². The molecule has 23 heavy (non-hydrogen) atoms. The van der Waals surface area contributed by atoms with E-state index in [4.69, 9.17) is 9.47 Å². The first-order valence-corrected chi connectivity index (χ1v) is 8.61. The molecule has 0 radical (unpaired) electrons. The Morgan fingerprint density at radius 1 is 1.22 bits per heavy atom. The number of nitrogens with one attached hydrogen (secondary N) is 1. The van der Waals surface area contributed by atoms with Crippen LogP contribution < -0.4 is 14.8 Å². The molecule has 0 atom stereocenters. The molecule has 4 nitrogen and oxygen atoms in total. The van der Waals surface area contributed by atoms with Crippen LogP contribution in [-0.4, -0.2) is 26.7 Å². The van der Waals surface area contributed by atoms with Crippen molar-refractivity contribution in [1.29, 1.82) is 0 Å². The number of ether oxygens (including phenoxy) is 2. The minimum Gasteiger partial charge on any atom is -0.493 e. The van der Waals surface area contributed by atoms with Crippen molar-refractivity contribution in [3.8, 4) is 11.5 Å². The van der Waals surface area contributed by atoms with E-state index in [1.54, 1.807) is 25.6 Å². The fourth-order valence-corrected chi connectivity index (χ4v) is 3.57. The first kappa shape index (κ1) is 15.9. The van der Waals surface area contributed by atoms with Crippen molar-refractivity contribution in [3.63, 3.8) is 0 Å². The summed E-state index contributed by atoms with van der Waals surface area (Å²) in [4.78, 5) is 12.2. The zero-order valence-corrected chi connectivity index (χ0v) is 14.2. The molecule has 1 heterocycles. The van der Waals surface area contributed by atoms with Gasteiger partial charge in [0.05, 0.1) is 20.6 Å². The van der Waals surface area contributed by atoms with E-state index in [-0.39, 0.29) is 11.3 Å². The fourth-order valence-electron chi connectivity index (χ4n) is 2.79. The summed E-state index contributed by atoms with van der Waals surface area (Å²) in [6, 6.07) is 7.74. The quantitative estimate of drug-likeness (QED) is 0.848. The summed E-state index contributed by atoms with van der Waals surface area (Å²) in [5.74, 6) is 1.36. The minimum absolute atomic E-state index is 0.0405. The molecule has 1 aromatic heterocycles. The Hall–Kier alpha value is -2.01. The molecule has 1 aromatic carbocycles. The molecule has 0 unspecified atom stereocenters. The maximum absolute atomic E-state index is 12.2. The lowest BCUT2D eigenvalue weighted by molar-refractivity contribution is -0.120. The Balaban J connectivity index is 1.58. The first-order chi connectivity index (χ1) is 11.2. The third kappa shape index (κ3) is 3.50. The highest BCUT2D eigenvalue weighted by Gasteiger charge is 2.44. The standard InChI is InChI=1S/C18H21NO3S/c1-21-15-4-3-13(9-16(15)22-2)10-17(20)19-12-18(6-7-18)14-5-8-23-11-14/h3-5,8-9,11H,6-7,10,12H2,1-2H3,(H,19,20). The van der Waals surface area contributed by atoms with Crippen LogP contribution in [0, 0.1) is 0 Å². The van der Waals surface area contributed by atoms with Crippen LogP contribution >= 0.6 is 11.3 Å². The second-order valence-corrected chi connectivity index (χ2v) is 6.72. The average Bonchev–Trinajstić information content (AvgIpc) is 3.15. The topological polar surface area (TPSA) is 47.6 Å². The van der Waals surface area contributed by atoms with Gasteiger partial charge in [0.2, 0.25) is 5.91 Å². The Bertz CT molecular complexity index is 678. The second-order valence-electron chi connectivity index (χ2n) is 5.94. The fraction of sp³-hybridized carbons (Fsp3) is 0.389. The largest absolute Gasteiger partial charge is 0.493 e. The first-order valence-electron chi connectivity index (χ1n) is 7.67. The molecule has 0 bridgehead atoms. The molecule has 1 aliphatic rings. The highest BCUT2D eigenvalue weighted by molar-refractivity contribution is 7.08. The van der Waals surface area contributed by atoms with Gasteiger partial charge < -0.3 is 14.8 Å². The van der Waals surface area contributed by atoms with Crippen LogP contribution in [0.4, 0.5) is 0 Å². The molecule has 1 amide bonds. The van der Waals surface area contributed by atoms with Gasteiger partial charge in [0, 0.05) is 12.0 Å². The van der Waals surface area contributed by atoms with Crippen molar-refractivity contribution in [2.75, 3.05) is 20.8 Å². The van der Waals surface area contributed by atoms with Crippen LogP contribution in [0.25, 0.3) is 0 Å². The Labute approximate surface area is 140 Å². The van der Waals surface area contributed by atoms with E-state index in [9.17, 15) is 4.79 Å². The summed E-state index contributed by atoms with van der Waals surface area (Å²) in [5.41, 5.74) is 2.45. The van der Waals surface area contributed by atoms with Crippen molar-refractivity contribution in [2.24, 2.45) is 0 Å². The minimum atomic E-state index is 0.0405. The molecule has 5 heteroatoms. The smallest absolute Gasteiger partial charge is 0.224 e. The van der Waals surface area contributed by atoms with Crippen molar-refractivity contribution < 1.29 is 14.3 Å². The zero-order chi connectivity index (χ0) is 16.3. The molecule has 1 aliphatic carbocycles. The lowest BCUT2D eigenvalue weighted by Gasteiger charge is -2.15. The number of benzene rings is 1. The lowest BCUT2D eigenvalue weighted by atomic mass is 9.99. The maximum Gasteiger partial charge on any atom is 0.224 e. The number of amides is 1. The van der Waals surface area contributed by atoms with Gasteiger partial charge in [-0.15, -0.1) is 0 Å². The summed E-state index contributed by atoms with van der Waals surface area (Å²) < 4.78 is 10.5. The summed E-state index contributed by atoms with van der Waals surface area (Å²) >= 11 is 1.71. The number of thiophene rings is 1. The van der Waals surface area contributed by atoms with Crippen LogP contribution in [0.1, 0.15) is 24.0 Å². The Morgan fingerprint density at radius 3 is 2.61 bits per heavy atom. The molecule has 1 fully saturated rings. The maximum atomic E-state index is 12.2. The van der Waals surface area contributed by atoms with E-state index in [1.807, 2.05) is 18.2 Å². The number of methoxy groups -OCH3 is 2. The van der Waals surface area contributed by atoms with E-state index < -0.39 is 0 Å². The monoisotopic (exact) mass is 331 g/mol. The normalized spacial score (nSPS) is 15.0. The van der Waals surface area contributed by atoms with Gasteiger partial charge in [-0.05, 0) is 52.9 Å². The van der Waals surface area contributed by atoms with Gasteiger partial charge in [-0.25, -0.2) is 0 Å². The van der Waals surface area contributed by atoms with Crippen LogP contribution in [-0.2, 0) is 16.6 Å². The highest BCUT2D eigenvalue weighted by Crippen LogP contribution is 2.48. The van der Waals surface area contributed by atoms with Gasteiger partial charge in [-0.3, -0.25) is 4.79 Å². The van der Waals surface area contributed by atoms with Crippen molar-refractivity contribution in [2.45, 2.75) is 24.7 Å². The van der Waals surface area contributed by atoms with Gasteiger partial charge in [0.15, 0.2) is 11.5 Å². The summed E-state index contributed by atoms with van der Waals surface area (Å²) in [6.07, 6.45) is 2.65. The van der Waals surface area contributed by atoms with Crippen LogP contribution in [0.3, 0.4) is 0 Å².